The predicted octanol–water partition coefficient (Wildman–Crippen LogP) is 8.88. The quantitative estimate of drug-likeness (QED) is 0.0842. The fourth-order valence-corrected chi connectivity index (χ4v) is 13.7. The number of carbonyl (C=O) groups excluding carboxylic acids is 1. The summed E-state index contributed by atoms with van der Waals surface area (Å²) < 4.78 is 48.6. The Morgan fingerprint density at radius 3 is 2.52 bits per heavy atom. The lowest BCUT2D eigenvalue weighted by molar-refractivity contribution is -0.388. The number of benzene rings is 3. The van der Waals surface area contributed by atoms with Crippen LogP contribution in [0.15, 0.2) is 88.9 Å². The molecule has 3 N–H and O–H groups in total. The summed E-state index contributed by atoms with van der Waals surface area (Å²) in [4.78, 5) is 38.3. The molecule has 2 aromatic heterocycles. The van der Waals surface area contributed by atoms with Gasteiger partial charge in [0.2, 0.25) is 0 Å². The van der Waals surface area contributed by atoms with Crippen LogP contribution in [-0.4, -0.2) is 95.6 Å². The van der Waals surface area contributed by atoms with Crippen molar-refractivity contribution in [1.29, 1.82) is 0 Å². The maximum absolute atomic E-state index is 14.1. The SMILES string of the molecule is C[C@]1(O)CC[C@H]([C@H]2COc3cc(S(=O)(=O)NC(=O)c4ccc(N5CCC6(CC5)CC(N5CCOC[C@H]5c5ccccc5C5CC5)C6)cc4Oc4cnc5[nH]ccc5c4)cc([N+](=O)[O-])c3S2)CC1. The molecule has 0 radical (unpaired) electrons. The van der Waals surface area contributed by atoms with Crippen LogP contribution in [0.2, 0.25) is 0 Å². The molecule has 5 aromatic rings. The molecule has 1 spiro atoms. The van der Waals surface area contributed by atoms with E-state index in [1.54, 1.807) is 24.4 Å². The summed E-state index contributed by atoms with van der Waals surface area (Å²) in [5, 5.41) is 23.6. The van der Waals surface area contributed by atoms with Crippen LogP contribution in [0.5, 0.6) is 17.2 Å². The number of piperidine rings is 1. The molecule has 17 heteroatoms. The highest BCUT2D eigenvalue weighted by molar-refractivity contribution is 8.00. The number of aliphatic hydroxyl groups is 1. The number of thioether (sulfide) groups is 1. The van der Waals surface area contributed by atoms with Gasteiger partial charge in [-0.25, -0.2) is 18.1 Å². The van der Waals surface area contributed by atoms with E-state index < -0.39 is 37.0 Å². The van der Waals surface area contributed by atoms with Gasteiger partial charge < -0.3 is 29.2 Å². The third-order valence-electron chi connectivity index (χ3n) is 15.4. The summed E-state index contributed by atoms with van der Waals surface area (Å²) in [6.07, 6.45) is 13.0. The first-order valence-corrected chi connectivity index (χ1v) is 26.0. The zero-order valence-corrected chi connectivity index (χ0v) is 39.2. The number of sulfonamides is 1. The maximum Gasteiger partial charge on any atom is 0.288 e. The third kappa shape index (κ3) is 8.89. The molecular formula is C50H56N6O9S2. The highest BCUT2D eigenvalue weighted by atomic mass is 32.2. The number of aromatic nitrogens is 2. The van der Waals surface area contributed by atoms with Crippen LogP contribution in [0.1, 0.15) is 105 Å². The second kappa shape index (κ2) is 17.4. The summed E-state index contributed by atoms with van der Waals surface area (Å²) in [5.41, 5.74) is 3.53. The van der Waals surface area contributed by atoms with Crippen molar-refractivity contribution >= 4 is 50.1 Å². The van der Waals surface area contributed by atoms with E-state index in [9.17, 15) is 28.4 Å². The monoisotopic (exact) mass is 948 g/mol. The van der Waals surface area contributed by atoms with Crippen LogP contribution in [0.4, 0.5) is 11.4 Å². The molecule has 2 atom stereocenters. The number of fused-ring (bicyclic) bond motifs is 2. The Balaban J connectivity index is 0.802. The molecular weight excluding hydrogens is 893 g/mol. The van der Waals surface area contributed by atoms with Crippen molar-refractivity contribution in [2.45, 2.75) is 110 Å². The van der Waals surface area contributed by atoms with E-state index in [0.717, 1.165) is 88.5 Å². The Hall–Kier alpha value is -5.20. The van der Waals surface area contributed by atoms with Gasteiger partial charge in [0.1, 0.15) is 34.4 Å². The van der Waals surface area contributed by atoms with Crippen LogP contribution in [-0.2, 0) is 14.8 Å². The molecule has 352 valence electrons. The normalized spacial score (nSPS) is 25.5. The number of nitro benzene ring substituents is 1. The van der Waals surface area contributed by atoms with E-state index in [0.29, 0.717) is 36.2 Å². The topological polar surface area (TPSA) is 189 Å². The third-order valence-corrected chi connectivity index (χ3v) is 18.2. The predicted molar refractivity (Wildman–Crippen MR) is 254 cm³/mol. The Bertz CT molecular complexity index is 2820. The smallest absolute Gasteiger partial charge is 0.288 e. The van der Waals surface area contributed by atoms with E-state index in [1.807, 2.05) is 19.1 Å². The fraction of sp³-hybridized carbons (Fsp3) is 0.480. The minimum absolute atomic E-state index is 0.0336. The first kappa shape index (κ1) is 44.3. The van der Waals surface area contributed by atoms with Crippen molar-refractivity contribution in [3.63, 3.8) is 0 Å². The number of amides is 1. The number of rotatable bonds is 11. The van der Waals surface area contributed by atoms with Gasteiger partial charge in [0.15, 0.2) is 0 Å². The van der Waals surface area contributed by atoms with Crippen molar-refractivity contribution in [3.8, 4) is 17.2 Å². The molecule has 3 saturated carbocycles. The van der Waals surface area contributed by atoms with Gasteiger partial charge in [-0.15, -0.1) is 11.8 Å². The highest BCUT2D eigenvalue weighted by Gasteiger charge is 2.50. The number of morpholine rings is 1. The number of ether oxygens (including phenoxy) is 3. The summed E-state index contributed by atoms with van der Waals surface area (Å²) in [6.45, 7) is 6.14. The molecule has 15 nitrogen and oxygen atoms in total. The van der Waals surface area contributed by atoms with Gasteiger partial charge in [0, 0.05) is 66.4 Å². The second-order valence-electron chi connectivity index (χ2n) is 19.9. The first-order valence-electron chi connectivity index (χ1n) is 23.6. The Kier molecular flexibility index (Phi) is 11.5. The molecule has 0 bridgehead atoms. The number of hydrogen-bond acceptors (Lipinski definition) is 13. The Morgan fingerprint density at radius 2 is 1.76 bits per heavy atom. The summed E-state index contributed by atoms with van der Waals surface area (Å²) in [5.74, 6) is 0.482. The van der Waals surface area contributed by atoms with Gasteiger partial charge in [0.25, 0.3) is 21.6 Å². The molecule has 3 aromatic carbocycles. The van der Waals surface area contributed by atoms with Crippen LogP contribution in [0.3, 0.4) is 0 Å². The van der Waals surface area contributed by atoms with Crippen LogP contribution < -0.4 is 19.1 Å². The number of anilines is 1. The number of nitrogens with one attached hydrogen (secondary N) is 2. The second-order valence-corrected chi connectivity index (χ2v) is 22.8. The Morgan fingerprint density at radius 1 is 0.985 bits per heavy atom. The number of carbonyl (C=O) groups is 1. The molecule has 67 heavy (non-hydrogen) atoms. The molecule has 11 rings (SSSR count). The van der Waals surface area contributed by atoms with Crippen molar-refractivity contribution in [2.75, 3.05) is 44.4 Å². The lowest BCUT2D eigenvalue weighted by atomic mass is 9.59. The van der Waals surface area contributed by atoms with Crippen LogP contribution >= 0.6 is 11.8 Å². The molecule has 6 aliphatic rings. The number of aromatic amines is 1. The van der Waals surface area contributed by atoms with E-state index in [4.69, 9.17) is 14.2 Å². The first-order chi connectivity index (χ1) is 32.3. The van der Waals surface area contributed by atoms with Gasteiger partial charge in [-0.1, -0.05) is 24.3 Å². The molecule has 5 fully saturated rings. The largest absolute Gasteiger partial charge is 0.491 e. The maximum atomic E-state index is 14.1. The van der Waals surface area contributed by atoms with Crippen LogP contribution in [0.25, 0.3) is 11.0 Å². The van der Waals surface area contributed by atoms with E-state index in [1.165, 1.54) is 48.0 Å². The van der Waals surface area contributed by atoms with E-state index >= 15 is 0 Å². The lowest BCUT2D eigenvalue weighted by Gasteiger charge is -2.57. The zero-order chi connectivity index (χ0) is 46.1. The average Bonchev–Trinajstić information content (AvgIpc) is 4.06. The highest BCUT2D eigenvalue weighted by Crippen LogP contribution is 2.54. The standard InChI is InChI=1S/C50H56N6O9S2/c1-49(58)13-10-32(11-14-49)45-30-64-44-25-37(24-41(56(59)60)46(44)66-45)67(61,62)53-48(57)40-9-8-34(23-43(40)65-36-22-33-12-17-51-47(33)52-28-36)54-18-15-50(16-19-54)26-35(27-50)55-20-21-63-29-42(55)39-5-3-2-4-38(39)31-6-7-31/h2-5,8-9,12,17,22-25,28,31-32,35,42,45,58H,6-7,10-11,13-16,18-21,26-27,29-30H2,1H3,(H,51,52)(H,53,57)/t32-,42-,45+,49-/m0/s1. The average molecular weight is 949 g/mol. The molecule has 2 saturated heterocycles. The summed E-state index contributed by atoms with van der Waals surface area (Å²) in [7, 11) is -4.64. The molecule has 0 unspecified atom stereocenters. The summed E-state index contributed by atoms with van der Waals surface area (Å²) in [6, 6.07) is 20.8. The zero-order valence-electron chi connectivity index (χ0n) is 37.5. The van der Waals surface area contributed by atoms with Crippen LogP contribution in [0, 0.1) is 21.4 Å². The minimum atomic E-state index is -4.64. The Labute approximate surface area is 394 Å². The van der Waals surface area contributed by atoms with E-state index in [-0.39, 0.29) is 51.2 Å². The molecule has 3 aliphatic heterocycles. The van der Waals surface area contributed by atoms with Gasteiger partial charge in [-0.3, -0.25) is 19.8 Å². The van der Waals surface area contributed by atoms with Crippen molar-refractivity contribution < 1.29 is 37.5 Å². The van der Waals surface area contributed by atoms with E-state index in [2.05, 4.69) is 48.8 Å². The molecule has 3 aliphatic carbocycles. The van der Waals surface area contributed by atoms with Crippen molar-refractivity contribution in [1.82, 2.24) is 19.6 Å². The van der Waals surface area contributed by atoms with Gasteiger partial charge >= 0.3 is 0 Å². The van der Waals surface area contributed by atoms with Gasteiger partial charge in [-0.2, -0.15) is 0 Å². The molecule has 5 heterocycles. The minimum Gasteiger partial charge on any atom is -0.491 e. The number of H-pyrrole nitrogens is 1. The summed E-state index contributed by atoms with van der Waals surface area (Å²) >= 11 is 1.31. The molecule has 1 amide bonds. The fourth-order valence-electron chi connectivity index (χ4n) is 11.3. The van der Waals surface area contributed by atoms with Gasteiger partial charge in [0.05, 0.1) is 46.4 Å². The van der Waals surface area contributed by atoms with Gasteiger partial charge in [-0.05, 0) is 124 Å². The van der Waals surface area contributed by atoms with Crippen molar-refractivity contribution in [3.05, 3.63) is 106 Å². The number of nitro groups is 1. The van der Waals surface area contributed by atoms with Crippen molar-refractivity contribution in [2.24, 2.45) is 11.3 Å². The number of hydrogen-bond donors (Lipinski definition) is 3. The lowest BCUT2D eigenvalue weighted by Crippen LogP contribution is -2.58. The number of nitrogens with zero attached hydrogens (tertiary/aromatic N) is 4. The number of pyridine rings is 1.